The maximum atomic E-state index is 13.4. The molecule has 4 fully saturated rings. The summed E-state index contributed by atoms with van der Waals surface area (Å²) < 4.78 is 8.13. The van der Waals surface area contributed by atoms with Gasteiger partial charge in [-0.3, -0.25) is 39.2 Å². The third kappa shape index (κ3) is 6.34. The van der Waals surface area contributed by atoms with Crippen LogP contribution in [-0.2, 0) is 9.59 Å². The third-order valence-corrected chi connectivity index (χ3v) is 12.6. The number of likely N-dealkylation sites (tertiary alicyclic amines) is 2. The summed E-state index contributed by atoms with van der Waals surface area (Å²) in [7, 11) is 0. The molecule has 4 amide bonds. The molecule has 10 rings (SSSR count). The lowest BCUT2D eigenvalue weighted by Crippen LogP contribution is -2.59. The topological polar surface area (TPSA) is 172 Å². The molecule has 3 N–H and O–H groups in total. The van der Waals surface area contributed by atoms with Crippen molar-refractivity contribution in [1.82, 2.24) is 39.8 Å². The zero-order chi connectivity index (χ0) is 39.7. The third-order valence-electron chi connectivity index (χ3n) is 12.6. The maximum absolute atomic E-state index is 13.4. The van der Waals surface area contributed by atoms with Gasteiger partial charge in [-0.2, -0.15) is 5.10 Å². The number of aromatic nitrogens is 4. The van der Waals surface area contributed by atoms with E-state index in [-0.39, 0.29) is 24.8 Å². The highest BCUT2D eigenvalue weighted by Crippen LogP contribution is 2.37. The minimum atomic E-state index is -0.969. The second-order valence-corrected chi connectivity index (χ2v) is 16.1. The lowest BCUT2D eigenvalue weighted by molar-refractivity contribution is -0.136. The molecule has 5 aliphatic rings. The number of rotatable bonds is 8. The molecule has 0 aliphatic carbocycles. The molecular formula is C43H44N10O5. The van der Waals surface area contributed by atoms with Crippen molar-refractivity contribution in [2.75, 3.05) is 49.9 Å². The van der Waals surface area contributed by atoms with Crippen LogP contribution < -0.4 is 20.7 Å². The van der Waals surface area contributed by atoms with Crippen LogP contribution in [0.25, 0.3) is 22.3 Å². The quantitative estimate of drug-likeness (QED) is 0.216. The van der Waals surface area contributed by atoms with Gasteiger partial charge in [-0.05, 0) is 87.2 Å². The van der Waals surface area contributed by atoms with E-state index in [1.54, 1.807) is 12.1 Å². The molecule has 5 aromatic rings. The number of hydrogen-bond acceptors (Lipinski definition) is 12. The highest BCUT2D eigenvalue weighted by Gasteiger charge is 2.45. The number of nitrogens with one attached hydrogen (secondary N) is 1. The molecule has 15 heteroatoms. The summed E-state index contributed by atoms with van der Waals surface area (Å²) in [4.78, 5) is 68.1. The number of nitrogens with two attached hydrogens (primary N) is 1. The molecule has 296 valence electrons. The lowest BCUT2D eigenvalue weighted by atomic mass is 10.0. The monoisotopic (exact) mass is 780 g/mol. The van der Waals surface area contributed by atoms with Gasteiger partial charge in [0, 0.05) is 69.0 Å². The average Bonchev–Trinajstić information content (AvgIpc) is 3.92. The minimum absolute atomic E-state index is 0.0956. The van der Waals surface area contributed by atoms with E-state index < -0.39 is 23.8 Å². The van der Waals surface area contributed by atoms with E-state index in [1.165, 1.54) is 11.9 Å². The Kier molecular flexibility index (Phi) is 8.93. The number of anilines is 2. The normalized spacial score (nSPS) is 22.2. The second-order valence-electron chi connectivity index (χ2n) is 16.1. The first-order chi connectivity index (χ1) is 28.2. The zero-order valence-electron chi connectivity index (χ0n) is 32.2. The maximum Gasteiger partial charge on any atom is 0.262 e. The number of nitrogen functional groups attached to an aromatic ring is 1. The average molecular weight is 781 g/mol. The Bertz CT molecular complexity index is 2450. The van der Waals surface area contributed by atoms with Gasteiger partial charge in [-0.1, -0.05) is 17.7 Å². The Labute approximate surface area is 334 Å². The number of aryl methyl sites for hydroxylation is 1. The first-order valence-electron chi connectivity index (χ1n) is 20.1. The van der Waals surface area contributed by atoms with Gasteiger partial charge in [0.2, 0.25) is 11.8 Å². The molecule has 4 saturated heterocycles. The number of fused-ring (bicyclic) bond motifs is 2. The van der Waals surface area contributed by atoms with Gasteiger partial charge in [0.15, 0.2) is 5.65 Å². The predicted molar refractivity (Wildman–Crippen MR) is 215 cm³/mol. The first-order valence-corrected chi connectivity index (χ1v) is 20.1. The van der Waals surface area contributed by atoms with Crippen LogP contribution in [0.5, 0.6) is 11.5 Å². The van der Waals surface area contributed by atoms with Crippen LogP contribution in [0, 0.1) is 6.92 Å². The Morgan fingerprint density at radius 2 is 1.43 bits per heavy atom. The fourth-order valence-corrected chi connectivity index (χ4v) is 9.32. The largest absolute Gasteiger partial charge is 0.457 e. The summed E-state index contributed by atoms with van der Waals surface area (Å²) in [5.41, 5.74) is 11.6. The van der Waals surface area contributed by atoms with Crippen LogP contribution in [0.4, 0.5) is 11.5 Å². The summed E-state index contributed by atoms with van der Waals surface area (Å²) in [6, 6.07) is 21.4. The smallest absolute Gasteiger partial charge is 0.262 e. The van der Waals surface area contributed by atoms with Crippen molar-refractivity contribution in [1.29, 1.82) is 0 Å². The Morgan fingerprint density at radius 1 is 0.741 bits per heavy atom. The van der Waals surface area contributed by atoms with Gasteiger partial charge in [0.05, 0.1) is 22.6 Å². The number of imide groups is 2. The van der Waals surface area contributed by atoms with Gasteiger partial charge in [-0.15, -0.1) is 0 Å². The second kappa shape index (κ2) is 14.3. The van der Waals surface area contributed by atoms with E-state index in [0.29, 0.717) is 29.0 Å². The predicted octanol–water partition coefficient (Wildman–Crippen LogP) is 4.18. The summed E-state index contributed by atoms with van der Waals surface area (Å²) >= 11 is 0. The van der Waals surface area contributed by atoms with Crippen LogP contribution in [0.15, 0.2) is 73.1 Å². The zero-order valence-corrected chi connectivity index (χ0v) is 32.2. The van der Waals surface area contributed by atoms with Crippen LogP contribution in [0.2, 0.25) is 0 Å². The molecule has 2 atom stereocenters. The molecule has 2 aromatic heterocycles. The number of piperidine rings is 2. The fourth-order valence-electron chi connectivity index (χ4n) is 9.32. The molecule has 2 unspecified atom stereocenters. The van der Waals surface area contributed by atoms with Crippen molar-refractivity contribution in [2.45, 2.75) is 63.2 Å². The fraction of sp³-hybridized carbons (Fsp3) is 0.372. The standard InChI is InChI=1S/C43H44N10O5/c1-25-2-7-31(8-3-25)58-32-9-4-26(5-10-32)38-37-39(44)45-24-46-40(37)53(48-38)27-14-17-49(18-15-27)29-16-19-50(21-29)30-22-51(23-30)28-6-11-33-34(20-28)43(57)52(42(33)56)35-12-13-36(54)47-41(35)55/h2-11,20,24,27,29-30,35H,12-19,21-23H2,1H3,(H2,44,45,46)(H,47,54,55). The van der Waals surface area contributed by atoms with Gasteiger partial charge in [0.25, 0.3) is 11.8 Å². The van der Waals surface area contributed by atoms with Crippen molar-refractivity contribution in [3.63, 3.8) is 0 Å². The van der Waals surface area contributed by atoms with Crippen LogP contribution in [0.1, 0.15) is 64.4 Å². The molecule has 0 saturated carbocycles. The van der Waals surface area contributed by atoms with Gasteiger partial charge in [0.1, 0.15) is 35.4 Å². The molecule has 0 radical (unpaired) electrons. The van der Waals surface area contributed by atoms with Crippen LogP contribution in [0.3, 0.4) is 0 Å². The van der Waals surface area contributed by atoms with E-state index in [1.807, 2.05) is 54.6 Å². The van der Waals surface area contributed by atoms with E-state index in [2.05, 4.69) is 41.6 Å². The van der Waals surface area contributed by atoms with E-state index in [9.17, 15) is 19.2 Å². The molecule has 58 heavy (non-hydrogen) atoms. The van der Waals surface area contributed by atoms with Gasteiger partial charge < -0.3 is 15.4 Å². The van der Waals surface area contributed by atoms with Crippen molar-refractivity contribution in [3.8, 4) is 22.8 Å². The van der Waals surface area contributed by atoms with Crippen molar-refractivity contribution in [2.24, 2.45) is 0 Å². The highest BCUT2D eigenvalue weighted by atomic mass is 16.5. The number of carbonyl (C=O) groups excluding carboxylic acids is 4. The summed E-state index contributed by atoms with van der Waals surface area (Å²) in [5, 5.41) is 8.15. The molecule has 5 aliphatic heterocycles. The SMILES string of the molecule is Cc1ccc(Oc2ccc(-c3nn(C4CCN(C5CCN(C6CN(c7ccc8c(c7)C(=O)N(C7CCC(=O)NC7=O)C8=O)C6)C5)CC4)c4ncnc(N)c34)cc2)cc1. The number of ether oxygens (including phenoxy) is 1. The Morgan fingerprint density at radius 3 is 2.17 bits per heavy atom. The minimum Gasteiger partial charge on any atom is -0.457 e. The van der Waals surface area contributed by atoms with Gasteiger partial charge in [-0.25, -0.2) is 14.6 Å². The van der Waals surface area contributed by atoms with Crippen molar-refractivity contribution >= 4 is 46.2 Å². The number of benzene rings is 3. The van der Waals surface area contributed by atoms with Crippen molar-refractivity contribution in [3.05, 3.63) is 89.7 Å². The highest BCUT2D eigenvalue weighted by molar-refractivity contribution is 6.23. The Hall–Kier alpha value is -6.19. The molecule has 15 nitrogen and oxygen atoms in total. The molecule has 0 spiro atoms. The van der Waals surface area contributed by atoms with Crippen LogP contribution >= 0.6 is 0 Å². The Balaban J connectivity index is 0.751. The number of hydrogen-bond donors (Lipinski definition) is 2. The molecule has 3 aromatic carbocycles. The van der Waals surface area contributed by atoms with Crippen LogP contribution in [-0.4, -0.2) is 115 Å². The first kappa shape index (κ1) is 36.2. The number of amides is 4. The summed E-state index contributed by atoms with van der Waals surface area (Å²) in [6.45, 7) is 7.74. The molecular weight excluding hydrogens is 737 g/mol. The van der Waals surface area contributed by atoms with Gasteiger partial charge >= 0.3 is 0 Å². The summed E-state index contributed by atoms with van der Waals surface area (Å²) in [6.07, 6.45) is 4.79. The van der Waals surface area contributed by atoms with E-state index in [0.717, 1.165) is 103 Å². The lowest BCUT2D eigenvalue weighted by Gasteiger charge is -2.46. The summed E-state index contributed by atoms with van der Waals surface area (Å²) in [5.74, 6) is -0.00997. The van der Waals surface area contributed by atoms with E-state index in [4.69, 9.17) is 15.6 Å². The number of nitrogens with zero attached hydrogens (tertiary/aromatic N) is 8. The number of carbonyl (C=O) groups is 4. The molecule has 7 heterocycles. The molecule has 0 bridgehead atoms. The van der Waals surface area contributed by atoms with Crippen molar-refractivity contribution < 1.29 is 23.9 Å². The van der Waals surface area contributed by atoms with E-state index >= 15 is 0 Å².